The summed E-state index contributed by atoms with van der Waals surface area (Å²) in [6, 6.07) is 4.14. The smallest absolute Gasteiger partial charge is 0.0564 e. The molecule has 0 spiro atoms. The van der Waals surface area contributed by atoms with Crippen molar-refractivity contribution in [2.45, 2.75) is 39.3 Å². The summed E-state index contributed by atoms with van der Waals surface area (Å²) < 4.78 is 0. The van der Waals surface area contributed by atoms with Gasteiger partial charge in [-0.05, 0) is 57.8 Å². The van der Waals surface area contributed by atoms with E-state index in [-0.39, 0.29) is 6.10 Å². The molecule has 4 heteroatoms. The lowest BCUT2D eigenvalue weighted by atomic mass is 9.92. The van der Waals surface area contributed by atoms with Crippen LogP contribution in [0.2, 0.25) is 0 Å². The first-order chi connectivity index (χ1) is 9.19. The van der Waals surface area contributed by atoms with Crippen LogP contribution in [-0.4, -0.2) is 40.7 Å². The summed E-state index contributed by atoms with van der Waals surface area (Å²) >= 11 is 0. The Labute approximate surface area is 115 Å². The summed E-state index contributed by atoms with van der Waals surface area (Å²) in [6.45, 7) is 7.96. The average molecular weight is 263 g/mol. The van der Waals surface area contributed by atoms with Gasteiger partial charge in [-0.2, -0.15) is 0 Å². The third-order valence-electron chi connectivity index (χ3n) is 3.90. The molecule has 2 N–H and O–H groups in total. The van der Waals surface area contributed by atoms with Crippen LogP contribution < -0.4 is 5.32 Å². The first-order valence-electron chi connectivity index (χ1n) is 7.28. The molecule has 0 amide bonds. The number of hydrogen-bond donors (Lipinski definition) is 2. The molecule has 1 aromatic rings. The number of aliphatic hydroxyl groups is 1. The molecule has 0 aliphatic carbocycles. The van der Waals surface area contributed by atoms with E-state index >= 15 is 0 Å². The lowest BCUT2D eigenvalue weighted by Gasteiger charge is -2.33. The standard InChI is InChI=1S/C15H25N3O/c1-3-16-14-4-7-17-15(10-14)11-18-8-5-13(6-9-18)12(2)19/h4,7,10,12-13,19H,3,5-6,8-9,11H2,1-2H3,(H,16,17). The number of pyridine rings is 1. The van der Waals surface area contributed by atoms with Gasteiger partial charge in [0.05, 0.1) is 11.8 Å². The molecule has 2 heterocycles. The molecular formula is C15H25N3O. The second kappa shape index (κ2) is 6.87. The summed E-state index contributed by atoms with van der Waals surface area (Å²) in [7, 11) is 0. The van der Waals surface area contributed by atoms with Crippen molar-refractivity contribution in [3.05, 3.63) is 24.0 Å². The number of hydrogen-bond acceptors (Lipinski definition) is 4. The van der Waals surface area contributed by atoms with Gasteiger partial charge in [-0.25, -0.2) is 0 Å². The maximum Gasteiger partial charge on any atom is 0.0564 e. The van der Waals surface area contributed by atoms with Gasteiger partial charge < -0.3 is 10.4 Å². The van der Waals surface area contributed by atoms with Gasteiger partial charge in [0.1, 0.15) is 0 Å². The number of nitrogens with zero attached hydrogens (tertiary/aromatic N) is 2. The minimum absolute atomic E-state index is 0.169. The molecule has 0 radical (unpaired) electrons. The van der Waals surface area contributed by atoms with E-state index in [1.807, 2.05) is 19.2 Å². The Balaban J connectivity index is 1.86. The van der Waals surface area contributed by atoms with Crippen molar-refractivity contribution in [2.24, 2.45) is 5.92 Å². The van der Waals surface area contributed by atoms with Crippen molar-refractivity contribution in [1.82, 2.24) is 9.88 Å². The second-order valence-electron chi connectivity index (χ2n) is 5.42. The van der Waals surface area contributed by atoms with Crippen molar-refractivity contribution in [3.63, 3.8) is 0 Å². The molecule has 19 heavy (non-hydrogen) atoms. The van der Waals surface area contributed by atoms with Gasteiger partial charge in [-0.15, -0.1) is 0 Å². The number of likely N-dealkylation sites (tertiary alicyclic amines) is 1. The fraction of sp³-hybridized carbons (Fsp3) is 0.667. The van der Waals surface area contributed by atoms with Crippen LogP contribution in [0, 0.1) is 5.92 Å². The first-order valence-corrected chi connectivity index (χ1v) is 7.28. The third kappa shape index (κ3) is 4.18. The van der Waals surface area contributed by atoms with Gasteiger partial charge in [0.2, 0.25) is 0 Å². The number of rotatable bonds is 5. The van der Waals surface area contributed by atoms with E-state index in [2.05, 4.69) is 28.2 Å². The van der Waals surface area contributed by atoms with Crippen molar-refractivity contribution in [2.75, 3.05) is 25.0 Å². The van der Waals surface area contributed by atoms with Crippen LogP contribution in [0.3, 0.4) is 0 Å². The van der Waals surface area contributed by atoms with Crippen LogP contribution in [-0.2, 0) is 6.54 Å². The predicted octanol–water partition coefficient (Wildman–Crippen LogP) is 2.11. The lowest BCUT2D eigenvalue weighted by Crippen LogP contribution is -2.36. The monoisotopic (exact) mass is 263 g/mol. The van der Waals surface area contributed by atoms with E-state index in [0.29, 0.717) is 5.92 Å². The Kier molecular flexibility index (Phi) is 5.16. The first kappa shape index (κ1) is 14.3. The van der Waals surface area contributed by atoms with Crippen molar-refractivity contribution in [1.29, 1.82) is 0 Å². The van der Waals surface area contributed by atoms with E-state index in [4.69, 9.17) is 0 Å². The zero-order valence-electron chi connectivity index (χ0n) is 12.0. The maximum atomic E-state index is 9.61. The Morgan fingerprint density at radius 2 is 2.21 bits per heavy atom. The highest BCUT2D eigenvalue weighted by atomic mass is 16.3. The summed E-state index contributed by atoms with van der Waals surface area (Å²) in [4.78, 5) is 6.87. The van der Waals surface area contributed by atoms with E-state index in [1.165, 1.54) is 0 Å². The average Bonchev–Trinajstić information content (AvgIpc) is 2.40. The van der Waals surface area contributed by atoms with Crippen LogP contribution in [0.4, 0.5) is 5.69 Å². The summed E-state index contributed by atoms with van der Waals surface area (Å²) in [5.74, 6) is 0.470. The molecule has 106 valence electrons. The summed E-state index contributed by atoms with van der Waals surface area (Å²) in [5, 5.41) is 12.9. The van der Waals surface area contributed by atoms with Crippen LogP contribution in [0.25, 0.3) is 0 Å². The molecule has 0 saturated carbocycles. The molecule has 0 aromatic carbocycles. The Hall–Kier alpha value is -1.13. The maximum absolute atomic E-state index is 9.61. The Morgan fingerprint density at radius 1 is 1.47 bits per heavy atom. The molecule has 1 saturated heterocycles. The van der Waals surface area contributed by atoms with Crippen molar-refractivity contribution >= 4 is 5.69 Å². The topological polar surface area (TPSA) is 48.4 Å². The van der Waals surface area contributed by atoms with E-state index in [1.54, 1.807) is 0 Å². The van der Waals surface area contributed by atoms with Gasteiger partial charge in [0.15, 0.2) is 0 Å². The number of aliphatic hydroxyl groups excluding tert-OH is 1. The van der Waals surface area contributed by atoms with Gasteiger partial charge in [0.25, 0.3) is 0 Å². The van der Waals surface area contributed by atoms with Crippen molar-refractivity contribution in [3.8, 4) is 0 Å². The minimum Gasteiger partial charge on any atom is -0.393 e. The number of anilines is 1. The highest BCUT2D eigenvalue weighted by molar-refractivity contribution is 5.42. The number of aromatic nitrogens is 1. The summed E-state index contributed by atoms with van der Waals surface area (Å²) in [6.07, 6.45) is 3.88. The van der Waals surface area contributed by atoms with E-state index < -0.39 is 0 Å². The molecule has 4 nitrogen and oxygen atoms in total. The molecule has 1 fully saturated rings. The van der Waals surface area contributed by atoms with Crippen LogP contribution >= 0.6 is 0 Å². The van der Waals surface area contributed by atoms with Crippen LogP contribution in [0.15, 0.2) is 18.3 Å². The molecular weight excluding hydrogens is 238 g/mol. The molecule has 1 aromatic heterocycles. The minimum atomic E-state index is -0.169. The molecule has 1 atom stereocenters. The second-order valence-corrected chi connectivity index (χ2v) is 5.42. The molecule has 1 aliphatic heterocycles. The van der Waals surface area contributed by atoms with Gasteiger partial charge in [-0.1, -0.05) is 0 Å². The number of piperidine rings is 1. The normalized spacial score (nSPS) is 19.3. The van der Waals surface area contributed by atoms with E-state index in [9.17, 15) is 5.11 Å². The largest absolute Gasteiger partial charge is 0.393 e. The zero-order chi connectivity index (χ0) is 13.7. The Bertz CT molecular complexity index is 387. The zero-order valence-corrected chi connectivity index (χ0v) is 12.0. The number of nitrogens with one attached hydrogen (secondary N) is 1. The quantitative estimate of drug-likeness (QED) is 0.854. The van der Waals surface area contributed by atoms with Crippen LogP contribution in [0.5, 0.6) is 0 Å². The molecule has 1 unspecified atom stereocenters. The highest BCUT2D eigenvalue weighted by Gasteiger charge is 2.22. The predicted molar refractivity (Wildman–Crippen MR) is 78.1 cm³/mol. The van der Waals surface area contributed by atoms with E-state index in [0.717, 1.165) is 50.4 Å². The Morgan fingerprint density at radius 3 is 2.84 bits per heavy atom. The molecule has 2 rings (SSSR count). The van der Waals surface area contributed by atoms with Crippen LogP contribution in [0.1, 0.15) is 32.4 Å². The lowest BCUT2D eigenvalue weighted by molar-refractivity contribution is 0.0691. The highest BCUT2D eigenvalue weighted by Crippen LogP contribution is 2.21. The third-order valence-corrected chi connectivity index (χ3v) is 3.90. The van der Waals surface area contributed by atoms with Crippen molar-refractivity contribution < 1.29 is 5.11 Å². The fourth-order valence-electron chi connectivity index (χ4n) is 2.70. The van der Waals surface area contributed by atoms with Gasteiger partial charge in [0, 0.05) is 25.0 Å². The molecule has 0 bridgehead atoms. The van der Waals surface area contributed by atoms with Gasteiger partial charge in [-0.3, -0.25) is 9.88 Å². The summed E-state index contributed by atoms with van der Waals surface area (Å²) in [5.41, 5.74) is 2.26. The fourth-order valence-corrected chi connectivity index (χ4v) is 2.70. The molecule has 1 aliphatic rings. The van der Waals surface area contributed by atoms with Gasteiger partial charge >= 0.3 is 0 Å². The SMILES string of the molecule is CCNc1ccnc(CN2CCC(C(C)O)CC2)c1.